The average molecular weight is 347 g/mol. The number of carbonyl (C=O) groups excluding carboxylic acids is 2. The Kier molecular flexibility index (Phi) is 6.32. The van der Waals surface area contributed by atoms with E-state index in [-0.39, 0.29) is 18.9 Å². The highest BCUT2D eigenvalue weighted by Gasteiger charge is 2.24. The van der Waals surface area contributed by atoms with E-state index >= 15 is 0 Å². The summed E-state index contributed by atoms with van der Waals surface area (Å²) in [6.07, 6.45) is 1.79. The van der Waals surface area contributed by atoms with Crippen molar-refractivity contribution in [3.8, 4) is 0 Å². The largest absolute Gasteiger partial charge is 0.464 e. The lowest BCUT2D eigenvalue weighted by molar-refractivity contribution is -0.147. The molecular weight excluding hydrogens is 328 g/mol. The first-order valence-electron chi connectivity index (χ1n) is 7.62. The molecular formula is C18H19ClN2O3. The van der Waals surface area contributed by atoms with Gasteiger partial charge in [-0.3, -0.25) is 9.78 Å². The Morgan fingerprint density at radius 2 is 1.92 bits per heavy atom. The van der Waals surface area contributed by atoms with Crippen molar-refractivity contribution in [1.29, 1.82) is 0 Å². The van der Waals surface area contributed by atoms with E-state index in [2.05, 4.69) is 10.3 Å². The predicted octanol–water partition coefficient (Wildman–Crippen LogP) is 3.01. The average Bonchev–Trinajstić information content (AvgIpc) is 2.56. The Bertz CT molecular complexity index is 699. The molecule has 0 aliphatic rings. The van der Waals surface area contributed by atoms with Crippen LogP contribution in [-0.2, 0) is 20.7 Å². The molecule has 0 aliphatic carbocycles. The van der Waals surface area contributed by atoms with Gasteiger partial charge in [0.15, 0.2) is 6.04 Å². The Morgan fingerprint density at radius 1 is 1.21 bits per heavy atom. The van der Waals surface area contributed by atoms with Crippen molar-refractivity contribution in [1.82, 2.24) is 10.3 Å². The van der Waals surface area contributed by atoms with Gasteiger partial charge in [-0.15, -0.1) is 0 Å². The van der Waals surface area contributed by atoms with Crippen molar-refractivity contribution < 1.29 is 14.3 Å². The van der Waals surface area contributed by atoms with E-state index < -0.39 is 12.0 Å². The topological polar surface area (TPSA) is 68.3 Å². The van der Waals surface area contributed by atoms with Gasteiger partial charge < -0.3 is 10.1 Å². The Balaban J connectivity index is 2.12. The van der Waals surface area contributed by atoms with Gasteiger partial charge >= 0.3 is 5.97 Å². The molecule has 0 spiro atoms. The second-order valence-corrected chi connectivity index (χ2v) is 5.73. The number of esters is 1. The molecule has 0 unspecified atom stereocenters. The number of nitrogens with zero attached hydrogens (tertiary/aromatic N) is 1. The van der Waals surface area contributed by atoms with E-state index in [1.54, 1.807) is 37.4 Å². The minimum absolute atomic E-state index is 0.136. The number of aryl methyl sites for hydroxylation is 1. The number of carbonyl (C=O) groups is 2. The molecule has 0 saturated heterocycles. The Hall–Kier alpha value is -2.40. The lowest BCUT2D eigenvalue weighted by atomic mass is 10.1. The third-order valence-electron chi connectivity index (χ3n) is 3.37. The molecule has 126 valence electrons. The van der Waals surface area contributed by atoms with Gasteiger partial charge in [0, 0.05) is 16.9 Å². The molecule has 0 radical (unpaired) electrons. The summed E-state index contributed by atoms with van der Waals surface area (Å²) in [6, 6.07) is 9.52. The maximum atomic E-state index is 12.3. The van der Waals surface area contributed by atoms with Crippen molar-refractivity contribution in [3.63, 3.8) is 0 Å². The van der Waals surface area contributed by atoms with Crippen LogP contribution in [0.1, 0.15) is 29.8 Å². The number of ether oxygens (including phenoxy) is 1. The quantitative estimate of drug-likeness (QED) is 0.816. The lowest BCUT2D eigenvalue weighted by Gasteiger charge is -2.18. The molecule has 2 rings (SSSR count). The molecule has 1 amide bonds. The normalized spacial score (nSPS) is 11.6. The standard InChI is InChI=1S/C18H19ClN2O3/c1-3-24-18(23)17(14-6-8-15(19)9-7-14)21-16(22)10-13-5-4-12(2)20-11-13/h4-9,11,17H,3,10H2,1-2H3,(H,21,22)/t17-/m0/s1. The molecule has 0 aliphatic heterocycles. The van der Waals surface area contributed by atoms with Gasteiger partial charge in [0.1, 0.15) is 0 Å². The number of hydrogen-bond acceptors (Lipinski definition) is 4. The lowest BCUT2D eigenvalue weighted by Crippen LogP contribution is -2.35. The third-order valence-corrected chi connectivity index (χ3v) is 3.62. The summed E-state index contributed by atoms with van der Waals surface area (Å²) in [5, 5.41) is 3.27. The second kappa shape index (κ2) is 8.45. The highest BCUT2D eigenvalue weighted by Crippen LogP contribution is 2.18. The summed E-state index contributed by atoms with van der Waals surface area (Å²) in [7, 11) is 0. The van der Waals surface area contributed by atoms with E-state index in [0.29, 0.717) is 10.6 Å². The minimum Gasteiger partial charge on any atom is -0.464 e. The Morgan fingerprint density at radius 3 is 2.50 bits per heavy atom. The highest BCUT2D eigenvalue weighted by molar-refractivity contribution is 6.30. The van der Waals surface area contributed by atoms with Crippen LogP contribution in [0.3, 0.4) is 0 Å². The first-order valence-corrected chi connectivity index (χ1v) is 8.00. The van der Waals surface area contributed by atoms with E-state index in [1.807, 2.05) is 19.1 Å². The molecule has 2 aromatic rings. The molecule has 5 nitrogen and oxygen atoms in total. The fraction of sp³-hybridized carbons (Fsp3) is 0.278. The van der Waals surface area contributed by atoms with Gasteiger partial charge in [-0.05, 0) is 43.2 Å². The fourth-order valence-electron chi connectivity index (χ4n) is 2.16. The number of aromatic nitrogens is 1. The zero-order chi connectivity index (χ0) is 17.5. The molecule has 0 fully saturated rings. The van der Waals surface area contributed by atoms with Crippen LogP contribution in [0, 0.1) is 6.92 Å². The van der Waals surface area contributed by atoms with Crippen LogP contribution in [-0.4, -0.2) is 23.5 Å². The van der Waals surface area contributed by atoms with Crippen LogP contribution in [0.25, 0.3) is 0 Å². The molecule has 1 heterocycles. The summed E-state index contributed by atoms with van der Waals surface area (Å²) in [5.74, 6) is -0.788. The SMILES string of the molecule is CCOC(=O)[C@@H](NC(=O)Cc1ccc(C)nc1)c1ccc(Cl)cc1. The number of benzene rings is 1. The highest BCUT2D eigenvalue weighted by atomic mass is 35.5. The maximum Gasteiger partial charge on any atom is 0.333 e. The first kappa shape index (κ1) is 17.9. The van der Waals surface area contributed by atoms with Gasteiger partial charge in [0.25, 0.3) is 0 Å². The maximum absolute atomic E-state index is 12.3. The molecule has 24 heavy (non-hydrogen) atoms. The van der Waals surface area contributed by atoms with Gasteiger partial charge in [0.05, 0.1) is 13.0 Å². The van der Waals surface area contributed by atoms with Crippen molar-refractivity contribution >= 4 is 23.5 Å². The van der Waals surface area contributed by atoms with Crippen LogP contribution < -0.4 is 5.32 Å². The number of nitrogens with one attached hydrogen (secondary N) is 1. The molecule has 1 N–H and O–H groups in total. The van der Waals surface area contributed by atoms with Gasteiger partial charge in [-0.25, -0.2) is 4.79 Å². The third kappa shape index (κ3) is 5.06. The van der Waals surface area contributed by atoms with Crippen molar-refractivity contribution in [2.75, 3.05) is 6.61 Å². The van der Waals surface area contributed by atoms with E-state index in [0.717, 1.165) is 11.3 Å². The van der Waals surface area contributed by atoms with Gasteiger partial charge in [-0.1, -0.05) is 29.8 Å². The summed E-state index contributed by atoms with van der Waals surface area (Å²) in [5.41, 5.74) is 2.27. The Labute approximate surface area is 146 Å². The first-order chi connectivity index (χ1) is 11.5. The van der Waals surface area contributed by atoms with Gasteiger partial charge in [-0.2, -0.15) is 0 Å². The monoisotopic (exact) mass is 346 g/mol. The van der Waals surface area contributed by atoms with E-state index in [9.17, 15) is 9.59 Å². The molecule has 1 atom stereocenters. The second-order valence-electron chi connectivity index (χ2n) is 5.29. The molecule has 6 heteroatoms. The zero-order valence-electron chi connectivity index (χ0n) is 13.6. The number of hydrogen-bond donors (Lipinski definition) is 1. The van der Waals surface area contributed by atoms with E-state index in [4.69, 9.17) is 16.3 Å². The molecule has 0 bridgehead atoms. The van der Waals surface area contributed by atoms with Crippen molar-refractivity contribution in [3.05, 3.63) is 64.4 Å². The van der Waals surface area contributed by atoms with Crippen LogP contribution in [0.4, 0.5) is 0 Å². The van der Waals surface area contributed by atoms with Gasteiger partial charge in [0.2, 0.25) is 5.91 Å². The molecule has 1 aromatic carbocycles. The fourth-order valence-corrected chi connectivity index (χ4v) is 2.29. The number of halogens is 1. The van der Waals surface area contributed by atoms with Crippen molar-refractivity contribution in [2.45, 2.75) is 26.3 Å². The molecule has 0 saturated carbocycles. The number of amides is 1. The van der Waals surface area contributed by atoms with Crippen LogP contribution in [0.15, 0.2) is 42.6 Å². The summed E-state index contributed by atoms with van der Waals surface area (Å²) < 4.78 is 5.06. The summed E-state index contributed by atoms with van der Waals surface area (Å²) in [4.78, 5) is 28.6. The van der Waals surface area contributed by atoms with E-state index in [1.165, 1.54) is 0 Å². The summed E-state index contributed by atoms with van der Waals surface area (Å²) in [6.45, 7) is 3.83. The van der Waals surface area contributed by atoms with Crippen LogP contribution in [0.5, 0.6) is 0 Å². The number of rotatable bonds is 6. The number of pyridine rings is 1. The zero-order valence-corrected chi connectivity index (χ0v) is 14.3. The van der Waals surface area contributed by atoms with Crippen LogP contribution in [0.2, 0.25) is 5.02 Å². The minimum atomic E-state index is -0.867. The van der Waals surface area contributed by atoms with Crippen LogP contribution >= 0.6 is 11.6 Å². The smallest absolute Gasteiger partial charge is 0.333 e. The molecule has 1 aromatic heterocycles. The summed E-state index contributed by atoms with van der Waals surface area (Å²) >= 11 is 5.87. The van der Waals surface area contributed by atoms with Crippen molar-refractivity contribution in [2.24, 2.45) is 0 Å². The predicted molar refractivity (Wildman–Crippen MR) is 91.6 cm³/mol.